The number of carboxylic acid groups (broad SMARTS) is 1. The van der Waals surface area contributed by atoms with E-state index in [9.17, 15) is 13.2 Å². The van der Waals surface area contributed by atoms with Crippen LogP contribution in [-0.4, -0.2) is 30.2 Å². The van der Waals surface area contributed by atoms with E-state index in [1.165, 1.54) is 0 Å². The summed E-state index contributed by atoms with van der Waals surface area (Å²) in [4.78, 5) is 14.4. The maximum absolute atomic E-state index is 11.7. The molecule has 0 aliphatic heterocycles. The van der Waals surface area contributed by atoms with Crippen LogP contribution in [0.15, 0.2) is 5.03 Å². The molecule has 0 amide bonds. The first-order chi connectivity index (χ1) is 6.88. The van der Waals surface area contributed by atoms with E-state index >= 15 is 0 Å². The molecule has 0 aromatic carbocycles. The number of sulfone groups is 1. The molecular weight excluding hydrogens is 238 g/mol. The van der Waals surface area contributed by atoms with Crippen molar-refractivity contribution in [2.24, 2.45) is 0 Å². The molecule has 0 aliphatic carbocycles. The molecule has 1 rings (SSSR count). The van der Waals surface area contributed by atoms with E-state index in [-0.39, 0.29) is 15.7 Å². The van der Waals surface area contributed by atoms with Crippen molar-refractivity contribution in [2.75, 3.05) is 5.75 Å². The molecule has 0 fully saturated rings. The zero-order valence-corrected chi connectivity index (χ0v) is 9.98. The fourth-order valence-electron chi connectivity index (χ4n) is 1.12. The van der Waals surface area contributed by atoms with Gasteiger partial charge in [0.15, 0.2) is 19.7 Å². The number of hydrogen-bond donors (Lipinski definition) is 1. The molecule has 7 heteroatoms. The van der Waals surface area contributed by atoms with E-state index in [0.29, 0.717) is 11.4 Å². The Morgan fingerprint density at radius 3 is 2.60 bits per heavy atom. The van der Waals surface area contributed by atoms with E-state index in [1.54, 1.807) is 13.8 Å². The van der Waals surface area contributed by atoms with Crippen molar-refractivity contribution in [1.29, 1.82) is 0 Å². The highest BCUT2D eigenvalue weighted by Gasteiger charge is 2.26. The maximum Gasteiger partial charge on any atom is 0.348 e. The van der Waals surface area contributed by atoms with Crippen molar-refractivity contribution in [3.8, 4) is 0 Å². The Bertz CT molecular complexity index is 475. The first-order valence-electron chi connectivity index (χ1n) is 4.32. The summed E-state index contributed by atoms with van der Waals surface area (Å²) >= 11 is 0.885. The Labute approximate surface area is 91.7 Å². The van der Waals surface area contributed by atoms with E-state index in [4.69, 9.17) is 5.11 Å². The number of thiazole rings is 1. The fraction of sp³-hybridized carbons (Fsp3) is 0.500. The van der Waals surface area contributed by atoms with E-state index in [0.717, 1.165) is 11.3 Å². The number of aromatic nitrogens is 1. The highest BCUT2D eigenvalue weighted by Crippen LogP contribution is 2.23. The Hall–Kier alpha value is -0.950. The van der Waals surface area contributed by atoms with Gasteiger partial charge in [0.1, 0.15) is 0 Å². The van der Waals surface area contributed by atoms with E-state index in [2.05, 4.69) is 4.98 Å². The first kappa shape index (κ1) is 12.1. The van der Waals surface area contributed by atoms with Gasteiger partial charge in [-0.25, -0.2) is 18.2 Å². The van der Waals surface area contributed by atoms with Crippen LogP contribution < -0.4 is 0 Å². The first-order valence-corrected chi connectivity index (χ1v) is 6.79. The van der Waals surface area contributed by atoms with Crippen molar-refractivity contribution in [3.63, 3.8) is 0 Å². The third kappa shape index (κ3) is 2.54. The molecule has 0 atom stereocenters. The molecule has 0 aliphatic rings. The number of carbonyl (C=O) groups is 1. The van der Waals surface area contributed by atoms with E-state index in [1.807, 2.05) is 0 Å². The summed E-state index contributed by atoms with van der Waals surface area (Å²) in [6, 6.07) is 0. The van der Waals surface area contributed by atoms with Gasteiger partial charge in [-0.1, -0.05) is 6.92 Å². The second kappa shape index (κ2) is 4.28. The van der Waals surface area contributed by atoms with Gasteiger partial charge in [-0.2, -0.15) is 0 Å². The molecule has 1 aromatic rings. The number of hydrogen-bond acceptors (Lipinski definition) is 5. The molecule has 0 radical (unpaired) electrons. The van der Waals surface area contributed by atoms with Crippen LogP contribution in [0.2, 0.25) is 0 Å². The molecule has 1 N–H and O–H groups in total. The SMILES string of the molecule is CCCS(=O)(=O)c1nc(C)sc1C(=O)O. The summed E-state index contributed by atoms with van der Waals surface area (Å²) in [7, 11) is -3.55. The Kier molecular flexibility index (Phi) is 3.46. The zero-order valence-electron chi connectivity index (χ0n) is 8.35. The second-order valence-corrected chi connectivity index (χ2v) is 6.22. The van der Waals surface area contributed by atoms with Gasteiger partial charge in [0.05, 0.1) is 10.8 Å². The van der Waals surface area contributed by atoms with Crippen LogP contribution in [-0.2, 0) is 9.84 Å². The summed E-state index contributed by atoms with van der Waals surface area (Å²) in [6.07, 6.45) is 0.442. The van der Waals surface area contributed by atoms with Gasteiger partial charge < -0.3 is 5.11 Å². The predicted octanol–water partition coefficient (Wildman–Crippen LogP) is 1.33. The number of aryl methyl sites for hydroxylation is 1. The molecule has 1 heterocycles. The van der Waals surface area contributed by atoms with Crippen molar-refractivity contribution in [2.45, 2.75) is 25.3 Å². The minimum Gasteiger partial charge on any atom is -0.477 e. The zero-order chi connectivity index (χ0) is 11.6. The van der Waals surface area contributed by atoms with Crippen LogP contribution in [0.1, 0.15) is 28.0 Å². The van der Waals surface area contributed by atoms with Crippen molar-refractivity contribution >= 4 is 27.1 Å². The summed E-state index contributed by atoms with van der Waals surface area (Å²) in [5.74, 6) is -1.31. The summed E-state index contributed by atoms with van der Waals surface area (Å²) in [5.41, 5.74) is 0. The van der Waals surface area contributed by atoms with Crippen molar-refractivity contribution < 1.29 is 18.3 Å². The van der Waals surface area contributed by atoms with Crippen LogP contribution in [0.5, 0.6) is 0 Å². The summed E-state index contributed by atoms with van der Waals surface area (Å²) in [6.45, 7) is 3.30. The largest absolute Gasteiger partial charge is 0.477 e. The van der Waals surface area contributed by atoms with E-state index < -0.39 is 15.8 Å². The Morgan fingerprint density at radius 2 is 2.13 bits per heavy atom. The molecule has 0 saturated carbocycles. The smallest absolute Gasteiger partial charge is 0.348 e. The standard InChI is InChI=1S/C8H11NO4S2/c1-3-4-15(12,13)7-6(8(10)11)14-5(2)9-7/h3-4H2,1-2H3,(H,10,11). The topological polar surface area (TPSA) is 84.3 Å². The average molecular weight is 249 g/mol. The lowest BCUT2D eigenvalue weighted by molar-refractivity contribution is 0.0697. The minimum absolute atomic E-state index is 0.0730. The molecule has 0 spiro atoms. The Morgan fingerprint density at radius 1 is 1.53 bits per heavy atom. The molecule has 0 bridgehead atoms. The third-order valence-corrected chi connectivity index (χ3v) is 4.58. The lowest BCUT2D eigenvalue weighted by Crippen LogP contribution is -2.10. The maximum atomic E-state index is 11.7. The summed E-state index contributed by atoms with van der Waals surface area (Å²) in [5, 5.41) is 8.97. The molecule has 84 valence electrons. The quantitative estimate of drug-likeness (QED) is 0.870. The molecule has 0 unspecified atom stereocenters. The Balaban J connectivity index is 3.31. The molecule has 1 aromatic heterocycles. The van der Waals surface area contributed by atoms with Gasteiger partial charge in [-0.05, 0) is 13.3 Å². The normalized spacial score (nSPS) is 11.6. The predicted molar refractivity (Wildman–Crippen MR) is 56.2 cm³/mol. The molecule has 15 heavy (non-hydrogen) atoms. The van der Waals surface area contributed by atoms with Crippen LogP contribution in [0, 0.1) is 6.92 Å². The highest BCUT2D eigenvalue weighted by molar-refractivity contribution is 7.91. The molecule has 0 saturated heterocycles. The second-order valence-electron chi connectivity index (χ2n) is 2.99. The number of carboxylic acids is 1. The minimum atomic E-state index is -3.55. The monoisotopic (exact) mass is 249 g/mol. The van der Waals surface area contributed by atoms with Gasteiger partial charge in [0, 0.05) is 0 Å². The number of nitrogens with zero attached hydrogens (tertiary/aromatic N) is 1. The van der Waals surface area contributed by atoms with Crippen LogP contribution in [0.25, 0.3) is 0 Å². The summed E-state index contributed by atoms with van der Waals surface area (Å²) < 4.78 is 23.3. The van der Waals surface area contributed by atoms with Gasteiger partial charge in [0.25, 0.3) is 0 Å². The lowest BCUT2D eigenvalue weighted by atomic mass is 10.6. The van der Waals surface area contributed by atoms with Crippen LogP contribution in [0.4, 0.5) is 0 Å². The van der Waals surface area contributed by atoms with Crippen molar-refractivity contribution in [1.82, 2.24) is 4.98 Å². The number of rotatable bonds is 4. The third-order valence-electron chi connectivity index (χ3n) is 1.66. The highest BCUT2D eigenvalue weighted by atomic mass is 32.2. The number of aromatic carboxylic acids is 1. The molecular formula is C8H11NO4S2. The van der Waals surface area contributed by atoms with Gasteiger partial charge in [-0.15, -0.1) is 11.3 Å². The van der Waals surface area contributed by atoms with Crippen molar-refractivity contribution in [3.05, 3.63) is 9.88 Å². The van der Waals surface area contributed by atoms with Crippen LogP contribution >= 0.6 is 11.3 Å². The van der Waals surface area contributed by atoms with Gasteiger partial charge in [-0.3, -0.25) is 0 Å². The lowest BCUT2D eigenvalue weighted by Gasteiger charge is -1.99. The average Bonchev–Trinajstić information content (AvgIpc) is 2.47. The molecule has 5 nitrogen and oxygen atoms in total. The van der Waals surface area contributed by atoms with Crippen LogP contribution in [0.3, 0.4) is 0 Å². The van der Waals surface area contributed by atoms with Gasteiger partial charge >= 0.3 is 5.97 Å². The fourth-order valence-corrected chi connectivity index (χ4v) is 3.71. The van der Waals surface area contributed by atoms with Gasteiger partial charge in [0.2, 0.25) is 0 Å².